The minimum Gasteiger partial charge on any atom is -0.314 e. The Morgan fingerprint density at radius 3 is 2.15 bits per heavy atom. The number of hydrogen-bond donors (Lipinski definition) is 0. The van der Waals surface area contributed by atoms with Crippen molar-refractivity contribution in [3.8, 4) is 0 Å². The second kappa shape index (κ2) is 7.94. The maximum atomic E-state index is 12.1. The smallest absolute Gasteiger partial charge is 0.211 e. The molecule has 3 aromatic rings. The highest BCUT2D eigenvalue weighted by atomic mass is 35.5. The molecule has 4 heteroatoms. The maximum Gasteiger partial charge on any atom is 0.211 e. The summed E-state index contributed by atoms with van der Waals surface area (Å²) in [5.41, 5.74) is 3.68. The third-order valence-corrected chi connectivity index (χ3v) is 5.34. The van der Waals surface area contributed by atoms with Gasteiger partial charge < -0.3 is 4.90 Å². The molecule has 3 rings (SSSR count). The van der Waals surface area contributed by atoms with Crippen LogP contribution in [-0.2, 0) is 16.3 Å². The van der Waals surface area contributed by atoms with Gasteiger partial charge in [-0.3, -0.25) is 4.79 Å². The Hall–Kier alpha value is -2.29. The van der Waals surface area contributed by atoms with E-state index in [4.69, 9.17) is 23.2 Å². The molecule has 1 amide bonds. The molecule has 1 unspecified atom stereocenters. The second-order valence-electron chi connectivity index (χ2n) is 6.16. The zero-order valence-electron chi connectivity index (χ0n) is 14.4. The Kier molecular flexibility index (Phi) is 5.65. The number of carbonyl (C=O) groups is 1. The van der Waals surface area contributed by atoms with E-state index in [2.05, 4.69) is 0 Å². The Labute approximate surface area is 164 Å². The first-order chi connectivity index (χ1) is 12.6. The van der Waals surface area contributed by atoms with Gasteiger partial charge in [0, 0.05) is 17.1 Å². The molecule has 3 aromatic carbocycles. The van der Waals surface area contributed by atoms with Crippen molar-refractivity contribution in [3.63, 3.8) is 0 Å². The fourth-order valence-electron chi connectivity index (χ4n) is 3.09. The van der Waals surface area contributed by atoms with Crippen molar-refractivity contribution < 1.29 is 4.79 Å². The van der Waals surface area contributed by atoms with Crippen LogP contribution < -0.4 is 0 Å². The van der Waals surface area contributed by atoms with Gasteiger partial charge in [0.05, 0.1) is 0 Å². The van der Waals surface area contributed by atoms with Gasteiger partial charge in [-0.1, -0.05) is 89.9 Å². The molecule has 0 aliphatic heterocycles. The predicted octanol–water partition coefficient (Wildman–Crippen LogP) is 5.75. The minimum atomic E-state index is -1.13. The molecule has 0 N–H and O–H groups in total. The van der Waals surface area contributed by atoms with Crippen LogP contribution in [0.25, 0.3) is 0 Å². The van der Waals surface area contributed by atoms with E-state index in [1.165, 1.54) is 0 Å². The average molecular weight is 384 g/mol. The van der Waals surface area contributed by atoms with Crippen LogP contribution in [0.3, 0.4) is 0 Å². The summed E-state index contributed by atoms with van der Waals surface area (Å²) in [5.74, 6) is 0. The standard InChI is InChI=1S/C22H19Cl2NO/c1-17-7-5-6-10-21(17)22(24,19-11-13-20(23)14-12-19)25(16-26)15-18-8-3-2-4-9-18/h2-14,16H,15H2,1H3. The first-order valence-electron chi connectivity index (χ1n) is 8.32. The van der Waals surface area contributed by atoms with Gasteiger partial charge in [0.15, 0.2) is 5.00 Å². The molecule has 0 saturated carbocycles. The Morgan fingerprint density at radius 1 is 0.923 bits per heavy atom. The molecular formula is C22H19Cl2NO. The lowest BCUT2D eigenvalue weighted by Gasteiger charge is -2.38. The molecule has 132 valence electrons. The van der Waals surface area contributed by atoms with Gasteiger partial charge >= 0.3 is 0 Å². The van der Waals surface area contributed by atoms with Crippen LogP contribution in [0, 0.1) is 6.92 Å². The molecule has 0 saturated heterocycles. The van der Waals surface area contributed by atoms with E-state index in [0.29, 0.717) is 11.6 Å². The van der Waals surface area contributed by atoms with Crippen LogP contribution in [0.2, 0.25) is 5.02 Å². The molecule has 1 atom stereocenters. The van der Waals surface area contributed by atoms with Gasteiger partial charge in [-0.05, 0) is 35.7 Å². The van der Waals surface area contributed by atoms with Crippen LogP contribution in [-0.4, -0.2) is 11.3 Å². The Morgan fingerprint density at radius 2 is 1.54 bits per heavy atom. The zero-order chi connectivity index (χ0) is 18.6. The highest BCUT2D eigenvalue weighted by Crippen LogP contribution is 2.42. The van der Waals surface area contributed by atoms with E-state index in [1.807, 2.05) is 73.7 Å². The first-order valence-corrected chi connectivity index (χ1v) is 9.08. The largest absolute Gasteiger partial charge is 0.314 e. The van der Waals surface area contributed by atoms with E-state index in [0.717, 1.165) is 28.7 Å². The third kappa shape index (κ3) is 3.62. The van der Waals surface area contributed by atoms with Gasteiger partial charge in [0.1, 0.15) is 0 Å². The highest BCUT2D eigenvalue weighted by Gasteiger charge is 2.39. The Bertz CT molecular complexity index is 880. The van der Waals surface area contributed by atoms with Gasteiger partial charge in [0.25, 0.3) is 0 Å². The van der Waals surface area contributed by atoms with Crippen molar-refractivity contribution >= 4 is 29.6 Å². The lowest BCUT2D eigenvalue weighted by molar-refractivity contribution is -0.121. The number of benzene rings is 3. The normalized spacial score (nSPS) is 13.0. The summed E-state index contributed by atoms with van der Waals surface area (Å²) in [6.07, 6.45) is 0.807. The van der Waals surface area contributed by atoms with E-state index in [-0.39, 0.29) is 0 Å². The first kappa shape index (κ1) is 18.5. The van der Waals surface area contributed by atoms with Crippen LogP contribution in [0.4, 0.5) is 0 Å². The van der Waals surface area contributed by atoms with Gasteiger partial charge in [-0.2, -0.15) is 0 Å². The predicted molar refractivity (Wildman–Crippen MR) is 107 cm³/mol. The van der Waals surface area contributed by atoms with E-state index in [9.17, 15) is 4.79 Å². The van der Waals surface area contributed by atoms with Crippen molar-refractivity contribution in [2.24, 2.45) is 0 Å². The molecule has 0 fully saturated rings. The summed E-state index contributed by atoms with van der Waals surface area (Å²) >= 11 is 13.3. The number of aryl methyl sites for hydroxylation is 1. The van der Waals surface area contributed by atoms with Crippen molar-refractivity contribution in [1.82, 2.24) is 4.90 Å². The highest BCUT2D eigenvalue weighted by molar-refractivity contribution is 6.30. The summed E-state index contributed by atoms with van der Waals surface area (Å²) in [4.78, 5) is 12.6. The lowest BCUT2D eigenvalue weighted by atomic mass is 9.92. The van der Waals surface area contributed by atoms with Crippen LogP contribution in [0.15, 0.2) is 78.9 Å². The molecule has 0 aromatic heterocycles. The van der Waals surface area contributed by atoms with Crippen molar-refractivity contribution in [2.75, 3.05) is 0 Å². The monoisotopic (exact) mass is 383 g/mol. The molecule has 0 aliphatic rings. The molecule has 0 spiro atoms. The number of carbonyl (C=O) groups excluding carboxylic acids is 1. The number of nitrogens with zero attached hydrogens (tertiary/aromatic N) is 1. The van der Waals surface area contributed by atoms with Gasteiger partial charge in [-0.25, -0.2) is 0 Å². The fourth-order valence-corrected chi connectivity index (χ4v) is 3.65. The van der Waals surface area contributed by atoms with Crippen molar-refractivity contribution in [3.05, 3.63) is 106 Å². The molecule has 0 heterocycles. The second-order valence-corrected chi connectivity index (χ2v) is 7.15. The summed E-state index contributed by atoms with van der Waals surface area (Å²) in [6, 6.07) is 25.0. The van der Waals surface area contributed by atoms with Crippen LogP contribution in [0.5, 0.6) is 0 Å². The molecule has 0 aliphatic carbocycles. The number of rotatable bonds is 6. The summed E-state index contributed by atoms with van der Waals surface area (Å²) in [5, 5.41) is 0.623. The maximum absolute atomic E-state index is 12.1. The number of amides is 1. The van der Waals surface area contributed by atoms with E-state index >= 15 is 0 Å². The number of hydrogen-bond acceptors (Lipinski definition) is 1. The quantitative estimate of drug-likeness (QED) is 0.301. The number of alkyl halides is 1. The van der Waals surface area contributed by atoms with Gasteiger partial charge in [0.2, 0.25) is 6.41 Å². The average Bonchev–Trinajstić information content (AvgIpc) is 2.67. The fraction of sp³-hybridized carbons (Fsp3) is 0.136. The molecule has 26 heavy (non-hydrogen) atoms. The summed E-state index contributed by atoms with van der Waals surface area (Å²) in [7, 11) is 0. The van der Waals surface area contributed by atoms with Gasteiger partial charge in [-0.15, -0.1) is 0 Å². The SMILES string of the molecule is Cc1ccccc1C(Cl)(c1ccc(Cl)cc1)N(C=O)Cc1ccccc1. The number of halogens is 2. The van der Waals surface area contributed by atoms with Crippen molar-refractivity contribution in [2.45, 2.75) is 18.5 Å². The van der Waals surface area contributed by atoms with E-state index in [1.54, 1.807) is 17.0 Å². The van der Waals surface area contributed by atoms with Crippen LogP contribution in [0.1, 0.15) is 22.3 Å². The topological polar surface area (TPSA) is 20.3 Å². The summed E-state index contributed by atoms with van der Waals surface area (Å²) in [6.45, 7) is 2.39. The van der Waals surface area contributed by atoms with Crippen molar-refractivity contribution in [1.29, 1.82) is 0 Å². The summed E-state index contributed by atoms with van der Waals surface area (Å²) < 4.78 is 0. The third-order valence-electron chi connectivity index (χ3n) is 4.45. The molecular weight excluding hydrogens is 365 g/mol. The molecule has 0 radical (unpaired) electrons. The molecule has 0 bridgehead atoms. The van der Waals surface area contributed by atoms with Crippen LogP contribution >= 0.6 is 23.2 Å². The van der Waals surface area contributed by atoms with E-state index < -0.39 is 5.00 Å². The molecule has 2 nitrogen and oxygen atoms in total. The minimum absolute atomic E-state index is 0.394. The Balaban J connectivity index is 2.14. The zero-order valence-corrected chi connectivity index (χ0v) is 15.9. The lowest BCUT2D eigenvalue weighted by Crippen LogP contribution is -2.42.